The van der Waals surface area contributed by atoms with Gasteiger partial charge in [0.1, 0.15) is 159 Å². The highest BCUT2D eigenvalue weighted by Crippen LogP contribution is 2.39. The van der Waals surface area contributed by atoms with Crippen molar-refractivity contribution in [1.29, 1.82) is 0 Å². The molecule has 0 radical (unpaired) electrons. The Morgan fingerprint density at radius 3 is 0.968 bits per heavy atom. The van der Waals surface area contributed by atoms with E-state index in [1.54, 1.807) is 0 Å². The summed E-state index contributed by atoms with van der Waals surface area (Å²) >= 11 is 0. The molecule has 0 aromatic rings. The Labute approximate surface area is 526 Å². The molecule has 41 heteroatoms. The number of carboxylic acids is 2. The van der Waals surface area contributed by atoms with Crippen LogP contribution in [0.1, 0.15) is 41.5 Å². The molecular weight excluding hydrogens is 1280 g/mol. The standard InChI is InChI=1S/C52H84N2O39/c1-9-19(59)25(65)31(71)47(79-9)90-39-27(67)21(61)10(2)80-50(39)87-36-30(70)33(73)49(93-42(36)44(76)77)86-35-18(54-14(6)58)46(84-16(8-56)24(35)64)89-38-26(66)20(60)12(4)82-52(38)91-40-28(68)22(62)11(3)81-51(40)88-37-29(69)32(72)48(92-41(37)43(74)75)85-34-17(53-13(5)57)45(78)83-15(7-55)23(34)63/h9-12,15-42,45-52,55-56,59-73,78H,7-8H2,1-6H3,(H,53,57)(H,54,58)(H,74,75)(H,76,77)/t9-,10-,11-,12-,15+,16+,17+,18+,19-,20-,21-,22-,23-,24-,25+,26+,27+,28+,29+,30+,31+,32+,33+,34+,35+,36+,37+,38+,39+,40+,41-,42-,45?,46-,47-,48+,49+,50-,51-,52-/m0/s1. The maximum atomic E-state index is 13.0. The van der Waals surface area contributed by atoms with Crippen molar-refractivity contribution < 1.29 is 192 Å². The zero-order valence-electron chi connectivity index (χ0n) is 50.2. The van der Waals surface area contributed by atoms with E-state index in [9.17, 15) is 121 Å². The van der Waals surface area contributed by atoms with Crippen LogP contribution in [0.3, 0.4) is 0 Å². The normalized spacial score (nSPS) is 51.5. The van der Waals surface area contributed by atoms with E-state index in [0.717, 1.165) is 13.8 Å². The summed E-state index contributed by atoms with van der Waals surface area (Å²) in [5.41, 5.74) is 0. The molecule has 8 aliphatic rings. The molecule has 0 spiro atoms. The van der Waals surface area contributed by atoms with E-state index in [0.29, 0.717) is 0 Å². The van der Waals surface area contributed by atoms with Crippen molar-refractivity contribution in [3.05, 3.63) is 0 Å². The first-order valence-corrected chi connectivity index (χ1v) is 29.5. The van der Waals surface area contributed by atoms with Crippen LogP contribution in [0.5, 0.6) is 0 Å². The van der Waals surface area contributed by atoms with Crippen LogP contribution in [0.4, 0.5) is 0 Å². The Bertz CT molecular complexity index is 2480. The third-order valence-corrected chi connectivity index (χ3v) is 17.2. The molecule has 8 rings (SSSR count). The number of aliphatic hydroxyl groups is 18. The van der Waals surface area contributed by atoms with Crippen LogP contribution in [0.2, 0.25) is 0 Å². The summed E-state index contributed by atoms with van der Waals surface area (Å²) in [7, 11) is 0. The molecule has 0 bridgehead atoms. The number of aliphatic carboxylic acids is 2. The molecule has 0 aromatic heterocycles. The van der Waals surface area contributed by atoms with E-state index >= 15 is 0 Å². The average Bonchev–Trinajstić information content (AvgIpc) is 0.777. The first-order valence-electron chi connectivity index (χ1n) is 29.5. The third kappa shape index (κ3) is 15.9. The number of carbonyl (C=O) groups excluding carboxylic acids is 2. The molecule has 8 heterocycles. The number of hydrogen-bond donors (Lipinski definition) is 22. The molecule has 22 N–H and O–H groups in total. The number of carboxylic acid groups (broad SMARTS) is 2. The molecule has 41 nitrogen and oxygen atoms in total. The monoisotopic (exact) mass is 1360 g/mol. The third-order valence-electron chi connectivity index (χ3n) is 17.2. The summed E-state index contributed by atoms with van der Waals surface area (Å²) in [6, 6.07) is -3.64. The number of carbonyl (C=O) groups is 4. The van der Waals surface area contributed by atoms with Gasteiger partial charge in [-0.15, -0.1) is 0 Å². The molecule has 1 unspecified atom stereocenters. The lowest BCUT2D eigenvalue weighted by atomic mass is 9.94. The fourth-order valence-corrected chi connectivity index (χ4v) is 11.9. The van der Waals surface area contributed by atoms with Gasteiger partial charge in [-0.25, -0.2) is 9.59 Å². The van der Waals surface area contributed by atoms with E-state index in [1.165, 1.54) is 27.7 Å². The van der Waals surface area contributed by atoms with Crippen LogP contribution in [0, 0.1) is 0 Å². The predicted octanol–water partition coefficient (Wildman–Crippen LogP) is -13.9. The Morgan fingerprint density at radius 2 is 0.591 bits per heavy atom. The van der Waals surface area contributed by atoms with Crippen LogP contribution in [-0.4, -0.2) is 385 Å². The van der Waals surface area contributed by atoms with Crippen molar-refractivity contribution >= 4 is 23.8 Å². The zero-order valence-corrected chi connectivity index (χ0v) is 50.2. The van der Waals surface area contributed by atoms with Crippen LogP contribution >= 0.6 is 0 Å². The fourth-order valence-electron chi connectivity index (χ4n) is 11.9. The van der Waals surface area contributed by atoms with Gasteiger partial charge in [0.15, 0.2) is 62.5 Å². The van der Waals surface area contributed by atoms with Gasteiger partial charge >= 0.3 is 11.9 Å². The molecule has 8 saturated heterocycles. The lowest BCUT2D eigenvalue weighted by Crippen LogP contribution is -2.70. The summed E-state index contributed by atoms with van der Waals surface area (Å²) in [4.78, 5) is 51.0. The number of nitrogens with one attached hydrogen (secondary N) is 2. The number of rotatable bonds is 20. The SMILES string of the molecule is CC(=O)N[C@H]1[C@H](O[C@H]2[C@H](O[C@H]3[C@H](O[C@@H]4[C@H](O)[C@@H](O)[C@H](O[C@H]5[C@@H](O)[C@@H](CO)OC(O)[C@@H]5NC(C)=O)O[C@@H]4C(=O)O)O[C@@H](C)[C@H](O)[C@H]3O)O[C@@H](C)[C@H](O)[C@H]2O)O[C@H](CO)[C@H](O)[C@@H]1O[C@@H]1O[C@H](C(=O)O)[C@H](O[C@@H]2O[C@@H](C)[C@H](O)[C@@H](O)[C@H]2O[C@@H]2O[C@@H](C)[C@H](O)[C@@H](O)[C@H]2O)[C@H](O)[C@H]1O. The number of ether oxygens (including phenoxy) is 15. The zero-order chi connectivity index (χ0) is 68.8. The first-order chi connectivity index (χ1) is 43.6. The van der Waals surface area contributed by atoms with Gasteiger partial charge < -0.3 is 184 Å². The van der Waals surface area contributed by atoms with Gasteiger partial charge in [0, 0.05) is 13.8 Å². The van der Waals surface area contributed by atoms with E-state index in [2.05, 4.69) is 10.6 Å². The Hall–Kier alpha value is -3.44. The number of aliphatic hydroxyl groups excluding tert-OH is 18. The second-order valence-corrected chi connectivity index (χ2v) is 23.9. The summed E-state index contributed by atoms with van der Waals surface area (Å²) in [6.45, 7) is 4.80. The molecule has 8 aliphatic heterocycles. The quantitative estimate of drug-likeness (QED) is 0.0538. The molecule has 0 aliphatic carbocycles. The Kier molecular flexibility index (Phi) is 25.3. The maximum Gasteiger partial charge on any atom is 0.335 e. The van der Waals surface area contributed by atoms with E-state index in [4.69, 9.17) is 71.1 Å². The molecule has 40 atom stereocenters. The van der Waals surface area contributed by atoms with Gasteiger partial charge in [-0.1, -0.05) is 0 Å². The minimum absolute atomic E-state index is 0.799. The van der Waals surface area contributed by atoms with Crippen molar-refractivity contribution in [2.45, 2.75) is 287 Å². The van der Waals surface area contributed by atoms with Gasteiger partial charge in [-0.2, -0.15) is 0 Å². The molecule has 93 heavy (non-hydrogen) atoms. The van der Waals surface area contributed by atoms with Gasteiger partial charge in [0.25, 0.3) is 0 Å². The van der Waals surface area contributed by atoms with E-state index < -0.39 is 282 Å². The van der Waals surface area contributed by atoms with Crippen LogP contribution in [0.25, 0.3) is 0 Å². The minimum atomic E-state index is -2.45. The summed E-state index contributed by atoms with van der Waals surface area (Å²) in [5, 5.41) is 224. The minimum Gasteiger partial charge on any atom is -0.479 e. The van der Waals surface area contributed by atoms with Gasteiger partial charge in [-0.3, -0.25) is 9.59 Å². The highest BCUT2D eigenvalue weighted by atomic mass is 16.8. The molecule has 0 aromatic carbocycles. The molecule has 536 valence electrons. The Balaban J connectivity index is 1.03. The summed E-state index contributed by atoms with van der Waals surface area (Å²) in [6.07, 6.45) is -76.8. The van der Waals surface area contributed by atoms with Crippen molar-refractivity contribution in [2.75, 3.05) is 13.2 Å². The molecule has 8 fully saturated rings. The second kappa shape index (κ2) is 31.2. The summed E-state index contributed by atoms with van der Waals surface area (Å²) < 4.78 is 86.3. The van der Waals surface area contributed by atoms with Crippen molar-refractivity contribution in [1.82, 2.24) is 10.6 Å². The summed E-state index contributed by atoms with van der Waals surface area (Å²) in [5.74, 6) is -5.65. The molecule has 2 amide bonds. The predicted molar refractivity (Wildman–Crippen MR) is 283 cm³/mol. The highest BCUT2D eigenvalue weighted by molar-refractivity contribution is 5.74. The van der Waals surface area contributed by atoms with E-state index in [1.807, 2.05) is 0 Å². The van der Waals surface area contributed by atoms with Crippen molar-refractivity contribution in [3.8, 4) is 0 Å². The van der Waals surface area contributed by atoms with Crippen molar-refractivity contribution in [2.24, 2.45) is 0 Å². The molecular formula is C52H84N2O39. The maximum absolute atomic E-state index is 13.0. The van der Waals surface area contributed by atoms with E-state index in [-0.39, 0.29) is 0 Å². The number of amides is 2. The number of hydrogen-bond acceptors (Lipinski definition) is 37. The van der Waals surface area contributed by atoms with Gasteiger partial charge in [0.2, 0.25) is 11.8 Å². The van der Waals surface area contributed by atoms with Crippen LogP contribution in [-0.2, 0) is 90.2 Å². The van der Waals surface area contributed by atoms with Gasteiger partial charge in [-0.05, 0) is 27.7 Å². The van der Waals surface area contributed by atoms with Crippen LogP contribution in [0.15, 0.2) is 0 Å². The fraction of sp³-hybridized carbons (Fsp3) is 0.923. The van der Waals surface area contributed by atoms with Crippen LogP contribution < -0.4 is 10.6 Å². The van der Waals surface area contributed by atoms with Gasteiger partial charge in [0.05, 0.1) is 37.6 Å². The smallest absolute Gasteiger partial charge is 0.335 e. The highest BCUT2D eigenvalue weighted by Gasteiger charge is 2.61. The molecule has 0 saturated carbocycles. The largest absolute Gasteiger partial charge is 0.479 e. The Morgan fingerprint density at radius 1 is 0.312 bits per heavy atom. The lowest BCUT2D eigenvalue weighted by molar-refractivity contribution is -0.401. The average molecular weight is 1360 g/mol. The first kappa shape index (κ1) is 75.3. The topological polar surface area (TPSA) is 635 Å². The second-order valence-electron chi connectivity index (χ2n) is 23.9. The lowest BCUT2D eigenvalue weighted by Gasteiger charge is -2.51. The van der Waals surface area contributed by atoms with Crippen molar-refractivity contribution in [3.63, 3.8) is 0 Å².